The Balaban J connectivity index is 2.51. The second kappa shape index (κ2) is 2.04. The van der Waals surface area contributed by atoms with Crippen LogP contribution in [0.15, 0.2) is 20.0 Å². The van der Waals surface area contributed by atoms with Gasteiger partial charge in [0.1, 0.15) is 12.1 Å². The molecule has 6 heteroatoms. The van der Waals surface area contributed by atoms with Gasteiger partial charge in [0.05, 0.1) is 6.21 Å². The van der Waals surface area contributed by atoms with Gasteiger partial charge in [-0.15, -0.1) is 0 Å². The van der Waals surface area contributed by atoms with E-state index in [1.54, 1.807) is 0 Å². The van der Waals surface area contributed by atoms with Gasteiger partial charge >= 0.3 is 6.09 Å². The second-order valence-corrected chi connectivity index (χ2v) is 3.09. The molecule has 0 aliphatic carbocycles. The highest BCUT2D eigenvalue weighted by atomic mass is 79.9. The predicted molar refractivity (Wildman–Crippen MR) is 44.6 cm³/mol. The molecule has 0 aromatic rings. The van der Waals surface area contributed by atoms with Crippen LogP contribution in [0.1, 0.15) is 0 Å². The fraction of sp³-hybridized carbons (Fsp3) is 0.200. The van der Waals surface area contributed by atoms with Crippen LogP contribution in [0.3, 0.4) is 0 Å². The Morgan fingerprint density at radius 3 is 3.18 bits per heavy atom. The molecule has 11 heavy (non-hydrogen) atoms. The quantitative estimate of drug-likeness (QED) is 0.428. The van der Waals surface area contributed by atoms with Crippen LogP contribution in [-0.2, 0) is 0 Å². The third-order valence-corrected chi connectivity index (χ3v) is 2.07. The summed E-state index contributed by atoms with van der Waals surface area (Å²) in [5.41, 5.74) is 0.499. The molecule has 0 saturated heterocycles. The van der Waals surface area contributed by atoms with Gasteiger partial charge in [-0.05, 0) is 15.9 Å². The number of halogens is 2. The van der Waals surface area contributed by atoms with Gasteiger partial charge in [0.2, 0.25) is 0 Å². The van der Waals surface area contributed by atoms with Crippen LogP contribution in [0.2, 0.25) is 0 Å². The first-order chi connectivity index (χ1) is 5.21. The van der Waals surface area contributed by atoms with E-state index >= 15 is 0 Å². The largest absolute Gasteiger partial charge is 0.307 e. The number of amidine groups is 1. The molecule has 0 spiro atoms. The van der Waals surface area contributed by atoms with Gasteiger partial charge < -0.3 is 0 Å². The van der Waals surface area contributed by atoms with Crippen molar-refractivity contribution >= 4 is 40.3 Å². The first kappa shape index (κ1) is 6.78. The summed E-state index contributed by atoms with van der Waals surface area (Å²) < 4.78 is 11.4. The van der Waals surface area contributed by atoms with Crippen LogP contribution >= 0.6 is 15.9 Å². The maximum atomic E-state index is 12.5. The second-order valence-electron chi connectivity index (χ2n) is 1.99. The lowest BCUT2D eigenvalue weighted by atomic mass is 10.3. The Morgan fingerprint density at radius 2 is 2.36 bits per heavy atom. The van der Waals surface area contributed by atoms with E-state index in [1.165, 1.54) is 12.6 Å². The number of hydrogen-bond donors (Lipinski definition) is 0. The molecule has 56 valence electrons. The Kier molecular flexibility index (Phi) is 1.26. The monoisotopic (exact) mass is 216 g/mol. The predicted octanol–water partition coefficient (Wildman–Crippen LogP) is 0.928. The zero-order valence-corrected chi connectivity index (χ0v) is 6.79. The molecule has 0 saturated carbocycles. The molecule has 1 atom stereocenters. The third-order valence-electron chi connectivity index (χ3n) is 1.29. The normalized spacial score (nSPS) is 33.3. The summed E-state index contributed by atoms with van der Waals surface area (Å²) in [7, 11) is 0. The molecule has 4 nitrogen and oxygen atoms in total. The minimum atomic E-state index is -1.04. The van der Waals surface area contributed by atoms with Gasteiger partial charge in [-0.3, -0.25) is 0 Å². The van der Waals surface area contributed by atoms with Crippen molar-refractivity contribution in [2.45, 2.75) is 4.57 Å². The molecule has 2 heterocycles. The van der Waals surface area contributed by atoms with Crippen molar-refractivity contribution in [2.75, 3.05) is 0 Å². The molecule has 0 aromatic heterocycles. The van der Waals surface area contributed by atoms with E-state index < -0.39 is 10.7 Å². The van der Waals surface area contributed by atoms with Crippen LogP contribution in [0, 0.1) is 0 Å². The van der Waals surface area contributed by atoms with Crippen LogP contribution in [0.5, 0.6) is 0 Å². The summed E-state index contributed by atoms with van der Waals surface area (Å²) in [6.07, 6.45) is 1.82. The zero-order chi connectivity index (χ0) is 7.90. The molecule has 2 aliphatic heterocycles. The van der Waals surface area contributed by atoms with E-state index in [9.17, 15) is 4.39 Å². The van der Waals surface area contributed by atoms with Crippen molar-refractivity contribution in [1.29, 1.82) is 0 Å². The molecule has 2 rings (SSSR count). The van der Waals surface area contributed by atoms with Gasteiger partial charge in [0.15, 0.2) is 0 Å². The lowest BCUT2D eigenvalue weighted by Gasteiger charge is -2.14. The van der Waals surface area contributed by atoms with Crippen molar-refractivity contribution in [3.63, 3.8) is 0 Å². The average Bonchev–Trinajstić information content (AvgIpc) is 2.28. The van der Waals surface area contributed by atoms with E-state index in [0.29, 0.717) is 5.71 Å². The first-order valence-corrected chi connectivity index (χ1v) is 3.60. The van der Waals surface area contributed by atoms with Crippen LogP contribution in [-0.4, -0.2) is 28.9 Å². The highest BCUT2D eigenvalue weighted by molar-refractivity contribution is 9.10. The van der Waals surface area contributed by atoms with Crippen molar-refractivity contribution in [2.24, 2.45) is 20.0 Å². The number of fused-ring (bicyclic) bond motifs is 1. The number of nitrogens with zero attached hydrogens (tertiary/aromatic N) is 4. The summed E-state index contributed by atoms with van der Waals surface area (Å²) in [5, 5.41) is 0. The molecular weight excluding hydrogens is 215 g/mol. The summed E-state index contributed by atoms with van der Waals surface area (Å²) in [6, 6.07) is 0. The van der Waals surface area contributed by atoms with Crippen molar-refractivity contribution in [1.82, 2.24) is 0 Å². The summed E-state index contributed by atoms with van der Waals surface area (Å²) in [5.74, 6) is 0. The topological polar surface area (TPSA) is 49.4 Å². The number of hydrogen-bond acceptors (Lipinski definition) is 4. The minimum absolute atomic E-state index is 0.499. The van der Waals surface area contributed by atoms with Gasteiger partial charge in [-0.2, -0.15) is 9.38 Å². The summed E-state index contributed by atoms with van der Waals surface area (Å²) >= 11 is 3.12. The first-order valence-electron chi connectivity index (χ1n) is 2.81. The number of alkyl halides is 1. The molecule has 0 fully saturated rings. The minimum Gasteiger partial charge on any atom is -0.234 e. The molecule has 2 aliphatic rings. The number of aliphatic imine (C=N–C) groups is 4. The maximum absolute atomic E-state index is 12.5. The van der Waals surface area contributed by atoms with Gasteiger partial charge in [0, 0.05) is 0 Å². The van der Waals surface area contributed by atoms with Crippen molar-refractivity contribution in [3.05, 3.63) is 0 Å². The molecular formula is C5H2BrFN4. The molecule has 0 bridgehead atoms. The highest BCUT2D eigenvalue weighted by Gasteiger charge is 2.36. The lowest BCUT2D eigenvalue weighted by Crippen LogP contribution is -2.29. The molecule has 0 radical (unpaired) electrons. The third kappa shape index (κ3) is 0.936. The summed E-state index contributed by atoms with van der Waals surface area (Å²) in [6.45, 7) is 0. The van der Waals surface area contributed by atoms with E-state index in [0.717, 1.165) is 0 Å². The maximum Gasteiger partial charge on any atom is 0.307 e. The Morgan fingerprint density at radius 1 is 1.55 bits per heavy atom. The van der Waals surface area contributed by atoms with Crippen LogP contribution in [0.4, 0.5) is 4.39 Å². The van der Waals surface area contributed by atoms with E-state index in [1.807, 2.05) is 0 Å². The summed E-state index contributed by atoms with van der Waals surface area (Å²) in [4.78, 5) is 14.5. The molecule has 0 aromatic carbocycles. The van der Waals surface area contributed by atoms with Gasteiger partial charge in [0.25, 0.3) is 4.57 Å². The van der Waals surface area contributed by atoms with E-state index in [-0.39, 0.29) is 0 Å². The highest BCUT2D eigenvalue weighted by Crippen LogP contribution is 2.28. The lowest BCUT2D eigenvalue weighted by molar-refractivity contribution is 0.749. The van der Waals surface area contributed by atoms with Gasteiger partial charge in [-0.25, -0.2) is 15.0 Å². The van der Waals surface area contributed by atoms with Crippen LogP contribution in [0.25, 0.3) is 0 Å². The van der Waals surface area contributed by atoms with Crippen molar-refractivity contribution < 1.29 is 4.39 Å². The SMILES string of the molecule is FC1=NC2(Br)N=CN=C2C=N1. The Hall–Kier alpha value is -0.910. The average molecular weight is 217 g/mol. The molecule has 1 unspecified atom stereocenters. The Labute approximate surface area is 69.8 Å². The molecule has 0 amide bonds. The number of rotatable bonds is 0. The van der Waals surface area contributed by atoms with E-state index in [2.05, 4.69) is 35.9 Å². The fourth-order valence-electron chi connectivity index (χ4n) is 0.783. The van der Waals surface area contributed by atoms with Crippen LogP contribution < -0.4 is 0 Å². The Bertz CT molecular complexity index is 318. The standard InChI is InChI=1S/C5H2BrFN4/c6-5-3(9-2-10-5)1-8-4(7)11-5/h1-2H. The smallest absolute Gasteiger partial charge is 0.234 e. The van der Waals surface area contributed by atoms with Crippen molar-refractivity contribution in [3.8, 4) is 0 Å². The zero-order valence-electron chi connectivity index (χ0n) is 5.20. The van der Waals surface area contributed by atoms with Gasteiger partial charge in [-0.1, -0.05) is 0 Å². The van der Waals surface area contributed by atoms with E-state index in [4.69, 9.17) is 0 Å². The fourth-order valence-corrected chi connectivity index (χ4v) is 1.23. The molecule has 0 N–H and O–H groups in total.